The van der Waals surface area contributed by atoms with Crippen LogP contribution in [-0.2, 0) is 0 Å². The zero-order valence-corrected chi connectivity index (χ0v) is 14.7. The fourth-order valence-corrected chi connectivity index (χ4v) is 4.40. The third-order valence-electron chi connectivity index (χ3n) is 4.87. The van der Waals surface area contributed by atoms with Crippen molar-refractivity contribution in [1.29, 1.82) is 0 Å². The largest absolute Gasteiger partial charge is 0.347 e. The zero-order chi connectivity index (χ0) is 16.5. The van der Waals surface area contributed by atoms with E-state index < -0.39 is 0 Å². The van der Waals surface area contributed by atoms with Gasteiger partial charge >= 0.3 is 6.03 Å². The lowest BCUT2D eigenvalue weighted by Gasteiger charge is -2.35. The standard InChI is InChI=1S/C17H23N5OS/c1-11-10-24-16(20-11)14(12-5-6-12)21-17(23)22-9-3-2-4-13(22)15-18-7-8-19-15/h7-8,10,12-14H,2-6,9H2,1H3,(H,18,19)(H,21,23)/t13-,14-/m0/s1. The Morgan fingerprint density at radius 2 is 2.29 bits per heavy atom. The van der Waals surface area contributed by atoms with Gasteiger partial charge in [0.2, 0.25) is 0 Å². The molecule has 0 unspecified atom stereocenters. The highest BCUT2D eigenvalue weighted by molar-refractivity contribution is 7.09. The molecule has 0 bridgehead atoms. The molecule has 2 aliphatic rings. The Balaban J connectivity index is 1.51. The third-order valence-corrected chi connectivity index (χ3v) is 5.92. The van der Waals surface area contributed by atoms with E-state index in [1.807, 2.05) is 18.0 Å². The lowest BCUT2D eigenvalue weighted by molar-refractivity contribution is 0.143. The first kappa shape index (κ1) is 15.6. The predicted octanol–water partition coefficient (Wildman–Crippen LogP) is 3.56. The Bertz CT molecular complexity index is 694. The number of carbonyl (C=O) groups excluding carboxylic acids is 1. The van der Waals surface area contributed by atoms with Crippen LogP contribution in [0.3, 0.4) is 0 Å². The molecule has 2 fully saturated rings. The number of amides is 2. The quantitative estimate of drug-likeness (QED) is 0.890. The van der Waals surface area contributed by atoms with Crippen molar-refractivity contribution < 1.29 is 4.79 Å². The predicted molar refractivity (Wildman–Crippen MR) is 92.7 cm³/mol. The van der Waals surface area contributed by atoms with Crippen LogP contribution in [0.15, 0.2) is 17.8 Å². The minimum atomic E-state index is 0.0147. The van der Waals surface area contributed by atoms with Gasteiger partial charge in [0.25, 0.3) is 0 Å². The summed E-state index contributed by atoms with van der Waals surface area (Å²) in [6.07, 6.45) is 9.07. The van der Waals surface area contributed by atoms with Gasteiger partial charge in [0.05, 0.1) is 12.1 Å². The second-order valence-corrected chi connectivity index (χ2v) is 7.66. The van der Waals surface area contributed by atoms with E-state index in [2.05, 4.69) is 25.6 Å². The molecule has 2 aromatic rings. The normalized spacial score (nSPS) is 22.4. The Kier molecular flexibility index (Phi) is 4.26. The fraction of sp³-hybridized carbons (Fsp3) is 0.588. The minimum Gasteiger partial charge on any atom is -0.347 e. The summed E-state index contributed by atoms with van der Waals surface area (Å²) in [5.41, 5.74) is 1.03. The zero-order valence-electron chi connectivity index (χ0n) is 13.9. The van der Waals surface area contributed by atoms with Gasteiger partial charge in [-0.25, -0.2) is 14.8 Å². The molecule has 2 atom stereocenters. The summed E-state index contributed by atoms with van der Waals surface area (Å²) < 4.78 is 0. The van der Waals surface area contributed by atoms with Crippen molar-refractivity contribution in [2.24, 2.45) is 5.92 Å². The monoisotopic (exact) mass is 345 g/mol. The smallest absolute Gasteiger partial charge is 0.318 e. The van der Waals surface area contributed by atoms with Gasteiger partial charge < -0.3 is 15.2 Å². The number of rotatable bonds is 4. The second kappa shape index (κ2) is 6.55. The number of nitrogens with one attached hydrogen (secondary N) is 2. The number of hydrogen-bond acceptors (Lipinski definition) is 4. The number of nitrogens with zero attached hydrogens (tertiary/aromatic N) is 3. The van der Waals surface area contributed by atoms with Gasteiger partial charge in [0.1, 0.15) is 10.8 Å². The maximum absolute atomic E-state index is 13.0. The molecule has 4 rings (SSSR count). The van der Waals surface area contributed by atoms with Crippen LogP contribution in [0.4, 0.5) is 4.79 Å². The van der Waals surface area contributed by atoms with Crippen molar-refractivity contribution in [2.75, 3.05) is 6.54 Å². The molecule has 0 aromatic carbocycles. The molecule has 1 aliphatic carbocycles. The van der Waals surface area contributed by atoms with Crippen molar-refractivity contribution in [3.63, 3.8) is 0 Å². The Hall–Kier alpha value is -1.89. The third kappa shape index (κ3) is 3.17. The van der Waals surface area contributed by atoms with Crippen LogP contribution in [0.25, 0.3) is 0 Å². The molecule has 2 aromatic heterocycles. The van der Waals surface area contributed by atoms with E-state index in [9.17, 15) is 4.79 Å². The van der Waals surface area contributed by atoms with Crippen LogP contribution < -0.4 is 5.32 Å². The van der Waals surface area contributed by atoms with Crippen molar-refractivity contribution in [2.45, 2.75) is 51.1 Å². The van der Waals surface area contributed by atoms with E-state index in [4.69, 9.17) is 0 Å². The summed E-state index contributed by atoms with van der Waals surface area (Å²) in [5.74, 6) is 1.42. The van der Waals surface area contributed by atoms with Gasteiger partial charge in [0.15, 0.2) is 0 Å². The maximum Gasteiger partial charge on any atom is 0.318 e. The number of H-pyrrole nitrogens is 1. The highest BCUT2D eigenvalue weighted by Crippen LogP contribution is 2.42. The molecular formula is C17H23N5OS. The molecule has 2 amide bonds. The minimum absolute atomic E-state index is 0.0147. The van der Waals surface area contributed by atoms with Gasteiger partial charge in [-0.3, -0.25) is 0 Å². The van der Waals surface area contributed by atoms with Gasteiger partial charge in [-0.1, -0.05) is 0 Å². The van der Waals surface area contributed by atoms with E-state index in [-0.39, 0.29) is 18.1 Å². The molecule has 3 heterocycles. The van der Waals surface area contributed by atoms with Gasteiger partial charge in [-0.05, 0) is 44.9 Å². The summed E-state index contributed by atoms with van der Waals surface area (Å²) in [4.78, 5) is 27.1. The first-order valence-corrected chi connectivity index (χ1v) is 9.59. The van der Waals surface area contributed by atoms with E-state index in [0.29, 0.717) is 5.92 Å². The molecule has 0 radical (unpaired) electrons. The van der Waals surface area contributed by atoms with Crippen LogP contribution in [-0.4, -0.2) is 32.4 Å². The molecule has 24 heavy (non-hydrogen) atoms. The van der Waals surface area contributed by atoms with Crippen molar-refractivity contribution in [1.82, 2.24) is 25.2 Å². The molecule has 7 heteroatoms. The van der Waals surface area contributed by atoms with Crippen molar-refractivity contribution >= 4 is 17.4 Å². The molecule has 1 aliphatic heterocycles. The molecule has 1 saturated heterocycles. The van der Waals surface area contributed by atoms with E-state index in [1.54, 1.807) is 17.5 Å². The van der Waals surface area contributed by atoms with Crippen molar-refractivity contribution in [3.05, 3.63) is 34.3 Å². The summed E-state index contributed by atoms with van der Waals surface area (Å²) in [5, 5.41) is 6.36. The van der Waals surface area contributed by atoms with Crippen LogP contribution >= 0.6 is 11.3 Å². The van der Waals surface area contributed by atoms with Crippen LogP contribution in [0.1, 0.15) is 60.7 Å². The number of carbonyl (C=O) groups is 1. The number of aromatic nitrogens is 3. The highest BCUT2D eigenvalue weighted by Gasteiger charge is 2.38. The van der Waals surface area contributed by atoms with Crippen LogP contribution in [0, 0.1) is 12.8 Å². The van der Waals surface area contributed by atoms with Crippen molar-refractivity contribution in [3.8, 4) is 0 Å². The average molecular weight is 345 g/mol. The lowest BCUT2D eigenvalue weighted by Crippen LogP contribution is -2.46. The average Bonchev–Trinajstić information content (AvgIpc) is 3.10. The summed E-state index contributed by atoms with van der Waals surface area (Å²) in [7, 11) is 0. The summed E-state index contributed by atoms with van der Waals surface area (Å²) in [6, 6.07) is 0.114. The number of aryl methyl sites for hydroxylation is 1. The number of aromatic amines is 1. The number of likely N-dealkylation sites (tertiary alicyclic amines) is 1. The first-order valence-electron chi connectivity index (χ1n) is 8.71. The topological polar surface area (TPSA) is 73.9 Å². The Morgan fingerprint density at radius 3 is 2.96 bits per heavy atom. The molecule has 128 valence electrons. The molecule has 2 N–H and O–H groups in total. The number of urea groups is 1. The molecule has 0 spiro atoms. The number of hydrogen-bond donors (Lipinski definition) is 2. The van der Waals surface area contributed by atoms with Crippen LogP contribution in [0.2, 0.25) is 0 Å². The summed E-state index contributed by atoms with van der Waals surface area (Å²) in [6.45, 7) is 2.79. The van der Waals surface area contributed by atoms with E-state index in [0.717, 1.165) is 42.3 Å². The summed E-state index contributed by atoms with van der Waals surface area (Å²) >= 11 is 1.65. The second-order valence-electron chi connectivity index (χ2n) is 6.77. The highest BCUT2D eigenvalue weighted by atomic mass is 32.1. The number of piperidine rings is 1. The molecule has 6 nitrogen and oxygen atoms in total. The number of thiazole rings is 1. The lowest BCUT2D eigenvalue weighted by atomic mass is 10.0. The first-order chi connectivity index (χ1) is 11.7. The Labute approximate surface area is 145 Å². The maximum atomic E-state index is 13.0. The number of imidazole rings is 1. The van der Waals surface area contributed by atoms with Gasteiger partial charge in [-0.15, -0.1) is 11.3 Å². The van der Waals surface area contributed by atoms with Crippen LogP contribution in [0.5, 0.6) is 0 Å². The van der Waals surface area contributed by atoms with Gasteiger partial charge in [-0.2, -0.15) is 0 Å². The molecule has 1 saturated carbocycles. The SMILES string of the molecule is Cc1csc([C@@H](NC(=O)N2CCCC[C@H]2c2ncc[nH]2)C2CC2)n1. The Morgan fingerprint density at radius 1 is 1.42 bits per heavy atom. The fourth-order valence-electron chi connectivity index (χ4n) is 3.46. The molecular weight excluding hydrogens is 322 g/mol. The van der Waals surface area contributed by atoms with E-state index >= 15 is 0 Å². The van der Waals surface area contributed by atoms with E-state index in [1.165, 1.54) is 12.8 Å². The van der Waals surface area contributed by atoms with Gasteiger partial charge in [0, 0.05) is 30.0 Å².